The fourth-order valence-electron chi connectivity index (χ4n) is 5.20. The lowest BCUT2D eigenvalue weighted by Gasteiger charge is -2.35. The third kappa shape index (κ3) is 3.98. The molecule has 2 amide bonds. The van der Waals surface area contributed by atoms with Crippen molar-refractivity contribution in [2.24, 2.45) is 5.92 Å². The first kappa shape index (κ1) is 20.6. The van der Waals surface area contributed by atoms with E-state index in [0.29, 0.717) is 19.0 Å². The van der Waals surface area contributed by atoms with E-state index in [1.54, 1.807) is 18.4 Å². The minimum absolute atomic E-state index is 0.0838. The largest absolute Gasteiger partial charge is 0.497 e. The van der Waals surface area contributed by atoms with Gasteiger partial charge in [0.25, 0.3) is 5.91 Å². The highest BCUT2D eigenvalue weighted by Gasteiger charge is 2.32. The van der Waals surface area contributed by atoms with Gasteiger partial charge >= 0.3 is 0 Å². The van der Waals surface area contributed by atoms with E-state index in [0.717, 1.165) is 62.2 Å². The zero-order valence-corrected chi connectivity index (χ0v) is 19.0. The van der Waals surface area contributed by atoms with E-state index in [1.165, 1.54) is 28.0 Å². The molecule has 164 valence electrons. The second-order valence-corrected chi connectivity index (χ2v) is 9.99. The van der Waals surface area contributed by atoms with Gasteiger partial charge in [-0.25, -0.2) is 0 Å². The predicted octanol–water partition coefficient (Wildman–Crippen LogP) is 4.39. The number of ether oxygens (including phenoxy) is 1. The Morgan fingerprint density at radius 1 is 0.935 bits per heavy atom. The average molecular weight is 439 g/mol. The predicted molar refractivity (Wildman–Crippen MR) is 123 cm³/mol. The molecule has 2 aliphatic heterocycles. The Hall–Kier alpha value is -2.34. The quantitative estimate of drug-likeness (QED) is 0.714. The highest BCUT2D eigenvalue weighted by Crippen LogP contribution is 2.41. The summed E-state index contributed by atoms with van der Waals surface area (Å²) < 4.78 is 5.37. The van der Waals surface area contributed by atoms with Gasteiger partial charge in [0.15, 0.2) is 0 Å². The van der Waals surface area contributed by atoms with Gasteiger partial charge in [0.2, 0.25) is 5.91 Å². The van der Waals surface area contributed by atoms with Crippen molar-refractivity contribution in [1.29, 1.82) is 0 Å². The fourth-order valence-corrected chi connectivity index (χ4v) is 6.44. The number of benzene rings is 1. The van der Waals surface area contributed by atoms with E-state index < -0.39 is 0 Å². The van der Waals surface area contributed by atoms with Crippen LogP contribution in [0.15, 0.2) is 24.3 Å². The SMILES string of the molecule is COc1ccc2c(c1)CCc1cc(C(=O)N3CCC(C(=O)N4CCCCC4)CC3)sc1-2. The van der Waals surface area contributed by atoms with Crippen LogP contribution in [-0.2, 0) is 17.6 Å². The number of likely N-dealkylation sites (tertiary alicyclic amines) is 2. The van der Waals surface area contributed by atoms with E-state index in [-0.39, 0.29) is 11.8 Å². The Labute approximate surface area is 188 Å². The number of piperidine rings is 2. The molecule has 1 aromatic heterocycles. The van der Waals surface area contributed by atoms with Gasteiger partial charge in [-0.3, -0.25) is 9.59 Å². The molecule has 0 radical (unpaired) electrons. The van der Waals surface area contributed by atoms with Gasteiger partial charge in [0.05, 0.1) is 12.0 Å². The smallest absolute Gasteiger partial charge is 0.263 e. The minimum atomic E-state index is 0.0838. The molecule has 0 unspecified atom stereocenters. The topological polar surface area (TPSA) is 49.9 Å². The molecule has 0 bridgehead atoms. The van der Waals surface area contributed by atoms with Crippen molar-refractivity contribution in [1.82, 2.24) is 9.80 Å². The Balaban J connectivity index is 1.26. The summed E-state index contributed by atoms with van der Waals surface area (Å²) in [5.74, 6) is 1.40. The lowest BCUT2D eigenvalue weighted by Crippen LogP contribution is -2.45. The first-order chi connectivity index (χ1) is 15.1. The van der Waals surface area contributed by atoms with Crippen LogP contribution in [-0.4, -0.2) is 54.9 Å². The summed E-state index contributed by atoms with van der Waals surface area (Å²) in [6.07, 6.45) is 7.01. The van der Waals surface area contributed by atoms with Crippen LogP contribution in [0, 0.1) is 5.92 Å². The Morgan fingerprint density at radius 3 is 2.42 bits per heavy atom. The molecule has 2 aromatic rings. The monoisotopic (exact) mass is 438 g/mol. The van der Waals surface area contributed by atoms with E-state index >= 15 is 0 Å². The number of methoxy groups -OCH3 is 1. The lowest BCUT2D eigenvalue weighted by atomic mass is 9.91. The number of hydrogen-bond acceptors (Lipinski definition) is 4. The van der Waals surface area contributed by atoms with E-state index in [1.807, 2.05) is 15.9 Å². The fraction of sp³-hybridized carbons (Fsp3) is 0.520. The number of thiophene rings is 1. The van der Waals surface area contributed by atoms with E-state index in [4.69, 9.17) is 4.74 Å². The highest BCUT2D eigenvalue weighted by molar-refractivity contribution is 7.17. The molecule has 31 heavy (non-hydrogen) atoms. The molecule has 0 saturated carbocycles. The molecule has 6 heteroatoms. The molecular formula is C25H30N2O3S. The molecule has 3 heterocycles. The summed E-state index contributed by atoms with van der Waals surface area (Å²) >= 11 is 1.62. The van der Waals surface area contributed by atoms with Crippen LogP contribution >= 0.6 is 11.3 Å². The van der Waals surface area contributed by atoms with E-state index in [2.05, 4.69) is 18.2 Å². The molecule has 5 rings (SSSR count). The van der Waals surface area contributed by atoms with Crippen molar-refractivity contribution >= 4 is 23.2 Å². The third-order valence-corrected chi connectivity index (χ3v) is 8.24. The van der Waals surface area contributed by atoms with Crippen LogP contribution in [0.4, 0.5) is 0 Å². The van der Waals surface area contributed by atoms with Gasteiger partial charge in [-0.2, -0.15) is 0 Å². The number of rotatable bonds is 3. The van der Waals surface area contributed by atoms with E-state index in [9.17, 15) is 9.59 Å². The van der Waals surface area contributed by atoms with Gasteiger partial charge in [0.1, 0.15) is 5.75 Å². The number of aryl methyl sites for hydroxylation is 2. The number of carbonyl (C=O) groups excluding carboxylic acids is 2. The summed E-state index contributed by atoms with van der Waals surface area (Å²) in [6.45, 7) is 3.18. The van der Waals surface area contributed by atoms with Crippen LogP contribution in [0.5, 0.6) is 5.75 Å². The maximum absolute atomic E-state index is 13.2. The van der Waals surface area contributed by atoms with Gasteiger partial charge in [-0.15, -0.1) is 11.3 Å². The van der Waals surface area contributed by atoms with Crippen LogP contribution < -0.4 is 4.74 Å². The number of hydrogen-bond donors (Lipinski definition) is 0. The number of amides is 2. The third-order valence-electron chi connectivity index (χ3n) is 7.04. The van der Waals surface area contributed by atoms with Gasteiger partial charge in [-0.1, -0.05) is 0 Å². The first-order valence-corrected chi connectivity index (χ1v) is 12.3. The molecule has 2 saturated heterocycles. The molecular weight excluding hydrogens is 408 g/mol. The minimum Gasteiger partial charge on any atom is -0.497 e. The summed E-state index contributed by atoms with van der Waals surface area (Å²) in [6, 6.07) is 8.33. The number of fused-ring (bicyclic) bond motifs is 3. The van der Waals surface area contributed by atoms with Crippen LogP contribution in [0.1, 0.15) is 52.9 Å². The molecule has 3 aliphatic rings. The van der Waals surface area contributed by atoms with Crippen LogP contribution in [0.3, 0.4) is 0 Å². The maximum Gasteiger partial charge on any atom is 0.263 e. The lowest BCUT2D eigenvalue weighted by molar-refractivity contribution is -0.137. The van der Waals surface area contributed by atoms with Crippen molar-refractivity contribution in [3.05, 3.63) is 40.3 Å². The normalized spacial score (nSPS) is 19.0. The Morgan fingerprint density at radius 2 is 1.68 bits per heavy atom. The molecule has 1 aromatic carbocycles. The van der Waals surface area contributed by atoms with Gasteiger partial charge < -0.3 is 14.5 Å². The van der Waals surface area contributed by atoms with Crippen molar-refractivity contribution in [3.8, 4) is 16.2 Å². The number of nitrogens with zero attached hydrogens (tertiary/aromatic N) is 2. The standard InChI is InChI=1S/C25H30N2O3S/c1-30-20-7-8-21-18(15-20)5-6-19-16-22(31-23(19)21)25(29)27-13-9-17(10-14-27)24(28)26-11-3-2-4-12-26/h7-8,15-17H,2-6,9-14H2,1H3. The van der Waals surface area contributed by atoms with Gasteiger partial charge in [0, 0.05) is 37.0 Å². The molecule has 0 N–H and O–H groups in total. The van der Waals surface area contributed by atoms with Crippen molar-refractivity contribution < 1.29 is 14.3 Å². The molecule has 5 nitrogen and oxygen atoms in total. The van der Waals surface area contributed by atoms with Crippen molar-refractivity contribution in [2.45, 2.75) is 44.9 Å². The number of carbonyl (C=O) groups is 2. The Bertz CT molecular complexity index is 985. The second kappa shape index (κ2) is 8.65. The summed E-state index contributed by atoms with van der Waals surface area (Å²) in [7, 11) is 1.70. The summed E-state index contributed by atoms with van der Waals surface area (Å²) in [5.41, 5.74) is 3.81. The molecule has 0 spiro atoms. The average Bonchev–Trinajstić information content (AvgIpc) is 3.28. The molecule has 1 aliphatic carbocycles. The van der Waals surface area contributed by atoms with Crippen molar-refractivity contribution in [2.75, 3.05) is 33.3 Å². The second-order valence-electron chi connectivity index (χ2n) is 8.94. The first-order valence-electron chi connectivity index (χ1n) is 11.5. The maximum atomic E-state index is 13.2. The summed E-state index contributed by atoms with van der Waals surface area (Å²) in [4.78, 5) is 32.1. The zero-order chi connectivity index (χ0) is 21.4. The van der Waals surface area contributed by atoms with Crippen LogP contribution in [0.25, 0.3) is 10.4 Å². The molecule has 0 atom stereocenters. The zero-order valence-electron chi connectivity index (χ0n) is 18.2. The van der Waals surface area contributed by atoms with Crippen molar-refractivity contribution in [3.63, 3.8) is 0 Å². The highest BCUT2D eigenvalue weighted by atomic mass is 32.1. The van der Waals surface area contributed by atoms with Gasteiger partial charge in [-0.05, 0) is 85.9 Å². The molecule has 2 fully saturated rings. The summed E-state index contributed by atoms with van der Waals surface area (Å²) in [5, 5.41) is 0. The Kier molecular flexibility index (Phi) is 5.74. The van der Waals surface area contributed by atoms with Crippen LogP contribution in [0.2, 0.25) is 0 Å².